The van der Waals surface area contributed by atoms with Crippen LogP contribution in [0.2, 0.25) is 0 Å². The number of hydrogen-bond donors (Lipinski definition) is 1. The first-order valence-electron chi connectivity index (χ1n) is 4.13. The van der Waals surface area contributed by atoms with Gasteiger partial charge < -0.3 is 5.73 Å². The zero-order valence-electron chi connectivity index (χ0n) is 7.95. The van der Waals surface area contributed by atoms with Gasteiger partial charge in [-0.25, -0.2) is 12.7 Å². The molecule has 0 aromatic heterocycles. The average molecular weight is 194 g/mol. The predicted molar refractivity (Wildman–Crippen MR) is 50.4 cm³/mol. The van der Waals surface area contributed by atoms with Crippen LogP contribution in [0.1, 0.15) is 20.3 Å². The highest BCUT2D eigenvalue weighted by Gasteiger charge is 2.18. The number of sulfonamides is 1. The van der Waals surface area contributed by atoms with Gasteiger partial charge in [-0.05, 0) is 6.42 Å². The van der Waals surface area contributed by atoms with Crippen LogP contribution in [0, 0.1) is 0 Å². The first kappa shape index (κ1) is 11.9. The van der Waals surface area contributed by atoms with Crippen molar-refractivity contribution in [2.45, 2.75) is 26.3 Å². The molecule has 4 nitrogen and oxygen atoms in total. The molecular formula is C7H18N2O2S. The zero-order valence-corrected chi connectivity index (χ0v) is 8.76. The lowest BCUT2D eigenvalue weighted by Crippen LogP contribution is -2.37. The van der Waals surface area contributed by atoms with E-state index in [4.69, 9.17) is 5.73 Å². The van der Waals surface area contributed by atoms with E-state index >= 15 is 0 Å². The summed E-state index contributed by atoms with van der Waals surface area (Å²) in [4.78, 5) is 0. The molecule has 2 N–H and O–H groups in total. The minimum atomic E-state index is -3.11. The summed E-state index contributed by atoms with van der Waals surface area (Å²) in [5, 5.41) is 0. The van der Waals surface area contributed by atoms with E-state index in [9.17, 15) is 8.42 Å². The standard InChI is InChI=1S/C7H18N2O2S/c1-4-7(8)6-12(10,11)9(3)5-2/h7H,4-6,8H2,1-3H3. The van der Waals surface area contributed by atoms with Crippen LogP contribution in [0.3, 0.4) is 0 Å². The predicted octanol–water partition coefficient (Wildman–Crippen LogP) is 0.00520. The third-order valence-electron chi connectivity index (χ3n) is 1.87. The van der Waals surface area contributed by atoms with Crippen LogP contribution in [0.4, 0.5) is 0 Å². The van der Waals surface area contributed by atoms with E-state index in [0.717, 1.165) is 0 Å². The summed E-state index contributed by atoms with van der Waals surface area (Å²) in [7, 11) is -1.55. The number of nitrogens with zero attached hydrogens (tertiary/aromatic N) is 1. The van der Waals surface area contributed by atoms with Gasteiger partial charge in [0.1, 0.15) is 0 Å². The van der Waals surface area contributed by atoms with Gasteiger partial charge in [-0.2, -0.15) is 0 Å². The van der Waals surface area contributed by atoms with E-state index in [0.29, 0.717) is 13.0 Å². The van der Waals surface area contributed by atoms with Crippen LogP contribution < -0.4 is 5.73 Å². The van der Waals surface area contributed by atoms with Gasteiger partial charge >= 0.3 is 0 Å². The minimum Gasteiger partial charge on any atom is -0.327 e. The van der Waals surface area contributed by atoms with Crippen molar-refractivity contribution in [1.29, 1.82) is 0 Å². The van der Waals surface area contributed by atoms with Crippen LogP contribution in [0.5, 0.6) is 0 Å². The van der Waals surface area contributed by atoms with Gasteiger partial charge in [-0.1, -0.05) is 13.8 Å². The summed E-state index contributed by atoms with van der Waals surface area (Å²) in [6, 6.07) is -0.246. The van der Waals surface area contributed by atoms with Gasteiger partial charge in [-0.3, -0.25) is 0 Å². The molecular weight excluding hydrogens is 176 g/mol. The Morgan fingerprint density at radius 3 is 2.25 bits per heavy atom. The summed E-state index contributed by atoms with van der Waals surface area (Å²) in [6.07, 6.45) is 0.691. The van der Waals surface area contributed by atoms with Crippen molar-refractivity contribution in [1.82, 2.24) is 4.31 Å². The second-order valence-electron chi connectivity index (χ2n) is 2.86. The van der Waals surface area contributed by atoms with Gasteiger partial charge in [0, 0.05) is 19.6 Å². The van der Waals surface area contributed by atoms with Crippen LogP contribution in [0.25, 0.3) is 0 Å². The van der Waals surface area contributed by atoms with Crippen molar-refractivity contribution in [3.8, 4) is 0 Å². The van der Waals surface area contributed by atoms with Crippen LogP contribution in [-0.2, 0) is 10.0 Å². The normalized spacial score (nSPS) is 15.1. The Labute approximate surface area is 74.8 Å². The highest BCUT2D eigenvalue weighted by Crippen LogP contribution is 2.00. The van der Waals surface area contributed by atoms with Gasteiger partial charge in [-0.15, -0.1) is 0 Å². The quantitative estimate of drug-likeness (QED) is 0.670. The molecule has 0 bridgehead atoms. The molecule has 0 spiro atoms. The smallest absolute Gasteiger partial charge is 0.215 e. The minimum absolute atomic E-state index is 0.0494. The molecule has 0 rings (SSSR count). The molecule has 12 heavy (non-hydrogen) atoms. The summed E-state index contributed by atoms with van der Waals surface area (Å²) in [6.45, 7) is 4.18. The molecule has 0 aromatic rings. The van der Waals surface area contributed by atoms with E-state index in [1.165, 1.54) is 4.31 Å². The molecule has 0 amide bonds. The Morgan fingerprint density at radius 1 is 1.42 bits per heavy atom. The van der Waals surface area contributed by atoms with E-state index in [-0.39, 0.29) is 11.8 Å². The van der Waals surface area contributed by atoms with E-state index in [1.54, 1.807) is 14.0 Å². The Morgan fingerprint density at radius 2 is 1.92 bits per heavy atom. The summed E-state index contributed by atoms with van der Waals surface area (Å²) in [5.74, 6) is 0.0494. The van der Waals surface area contributed by atoms with Crippen molar-refractivity contribution >= 4 is 10.0 Å². The molecule has 0 fully saturated rings. The van der Waals surface area contributed by atoms with E-state index in [2.05, 4.69) is 0 Å². The summed E-state index contributed by atoms with van der Waals surface area (Å²) in [5.41, 5.74) is 5.55. The third-order valence-corrected chi connectivity index (χ3v) is 3.93. The fraction of sp³-hybridized carbons (Fsp3) is 1.00. The van der Waals surface area contributed by atoms with Crippen LogP contribution in [0.15, 0.2) is 0 Å². The molecule has 74 valence electrons. The maximum Gasteiger partial charge on any atom is 0.215 e. The zero-order chi connectivity index (χ0) is 9.78. The molecule has 0 saturated heterocycles. The first-order valence-corrected chi connectivity index (χ1v) is 5.74. The third kappa shape index (κ3) is 3.51. The molecule has 0 radical (unpaired) electrons. The monoisotopic (exact) mass is 194 g/mol. The molecule has 1 unspecified atom stereocenters. The van der Waals surface area contributed by atoms with Crippen molar-refractivity contribution in [3.05, 3.63) is 0 Å². The van der Waals surface area contributed by atoms with Crippen LogP contribution >= 0.6 is 0 Å². The second kappa shape index (κ2) is 4.79. The Balaban J connectivity index is 4.23. The SMILES string of the molecule is CCC(N)CS(=O)(=O)N(C)CC. The highest BCUT2D eigenvalue weighted by molar-refractivity contribution is 7.89. The van der Waals surface area contributed by atoms with Crippen molar-refractivity contribution < 1.29 is 8.42 Å². The highest BCUT2D eigenvalue weighted by atomic mass is 32.2. The van der Waals surface area contributed by atoms with E-state index < -0.39 is 10.0 Å². The summed E-state index contributed by atoms with van der Waals surface area (Å²) >= 11 is 0. The summed E-state index contributed by atoms with van der Waals surface area (Å²) < 4.78 is 24.1. The maximum atomic E-state index is 11.4. The van der Waals surface area contributed by atoms with Gasteiger partial charge in [0.25, 0.3) is 0 Å². The average Bonchev–Trinajstić information content (AvgIpc) is 2.02. The first-order chi connectivity index (χ1) is 5.44. The number of nitrogens with two attached hydrogens (primary N) is 1. The Hall–Kier alpha value is -0.130. The van der Waals surface area contributed by atoms with Crippen LogP contribution in [-0.4, -0.2) is 38.1 Å². The number of hydrogen-bond acceptors (Lipinski definition) is 3. The molecule has 0 saturated carbocycles. The number of rotatable bonds is 5. The maximum absolute atomic E-state index is 11.4. The molecule has 0 heterocycles. The van der Waals surface area contributed by atoms with E-state index in [1.807, 2.05) is 6.92 Å². The second-order valence-corrected chi connectivity index (χ2v) is 4.98. The largest absolute Gasteiger partial charge is 0.327 e. The molecule has 5 heteroatoms. The van der Waals surface area contributed by atoms with Crippen molar-refractivity contribution in [2.75, 3.05) is 19.3 Å². The molecule has 0 aliphatic carbocycles. The Kier molecular flexibility index (Phi) is 4.74. The lowest BCUT2D eigenvalue weighted by Gasteiger charge is -2.17. The lowest BCUT2D eigenvalue weighted by atomic mass is 10.3. The molecule has 0 aliphatic rings. The van der Waals surface area contributed by atoms with Crippen molar-refractivity contribution in [3.63, 3.8) is 0 Å². The van der Waals surface area contributed by atoms with Gasteiger partial charge in [0.05, 0.1) is 5.75 Å². The lowest BCUT2D eigenvalue weighted by molar-refractivity contribution is 0.480. The van der Waals surface area contributed by atoms with Gasteiger partial charge in [0.2, 0.25) is 10.0 Å². The topological polar surface area (TPSA) is 63.4 Å². The molecule has 1 atom stereocenters. The molecule has 0 aromatic carbocycles. The van der Waals surface area contributed by atoms with Crippen molar-refractivity contribution in [2.24, 2.45) is 5.73 Å². The fourth-order valence-corrected chi connectivity index (χ4v) is 2.14. The fourth-order valence-electron chi connectivity index (χ4n) is 0.712. The molecule has 0 aliphatic heterocycles. The van der Waals surface area contributed by atoms with Gasteiger partial charge in [0.15, 0.2) is 0 Å². The Bertz CT molecular complexity index is 213.